The molecule has 2 rings (SSSR count). The Bertz CT molecular complexity index is 730. The highest BCUT2D eigenvalue weighted by molar-refractivity contribution is 5.72. The molecule has 2 aromatic rings. The van der Waals surface area contributed by atoms with Gasteiger partial charge in [0.05, 0.1) is 5.70 Å². The number of nitrogens with two attached hydrogens (primary N) is 2. The normalized spacial score (nSPS) is 11.5. The fourth-order valence-electron chi connectivity index (χ4n) is 1.83. The van der Waals surface area contributed by atoms with Crippen molar-refractivity contribution in [2.24, 2.45) is 11.6 Å². The predicted molar refractivity (Wildman–Crippen MR) is 75.8 cm³/mol. The molecule has 0 amide bonds. The Morgan fingerprint density at radius 1 is 1.00 bits per heavy atom. The summed E-state index contributed by atoms with van der Waals surface area (Å²) in [5, 5.41) is 8.84. The maximum Gasteiger partial charge on any atom is 0.159 e. The second kappa shape index (κ2) is 6.03. The zero-order chi connectivity index (χ0) is 15.4. The summed E-state index contributed by atoms with van der Waals surface area (Å²) in [6.07, 6.45) is 0. The van der Waals surface area contributed by atoms with Crippen molar-refractivity contribution < 1.29 is 8.78 Å². The van der Waals surface area contributed by atoms with Crippen LogP contribution in [0.3, 0.4) is 0 Å². The number of nitrogens with one attached hydrogen (secondary N) is 1. The van der Waals surface area contributed by atoms with Crippen LogP contribution in [0.25, 0.3) is 16.8 Å². The van der Waals surface area contributed by atoms with E-state index in [1.165, 1.54) is 6.07 Å². The summed E-state index contributed by atoms with van der Waals surface area (Å²) in [5.41, 5.74) is 10.1. The van der Waals surface area contributed by atoms with E-state index in [9.17, 15) is 8.78 Å². The Morgan fingerprint density at radius 2 is 1.62 bits per heavy atom. The smallest absolute Gasteiger partial charge is 0.159 e. The number of rotatable bonds is 3. The molecule has 0 aromatic heterocycles. The number of nitrogens with zero attached hydrogens (tertiary/aromatic N) is 1. The molecule has 0 saturated heterocycles. The first kappa shape index (κ1) is 14.5. The topological polar surface area (TPSA) is 87.9 Å². The van der Waals surface area contributed by atoms with Crippen molar-refractivity contribution in [2.75, 3.05) is 0 Å². The third-order valence-corrected chi connectivity index (χ3v) is 2.97. The number of hydrogen-bond donors (Lipinski definition) is 3. The molecule has 0 aliphatic carbocycles. The molecule has 0 radical (unpaired) electrons. The Labute approximate surface area is 120 Å². The van der Waals surface area contributed by atoms with Gasteiger partial charge in [0.2, 0.25) is 0 Å². The highest BCUT2D eigenvalue weighted by atomic mass is 19.2. The van der Waals surface area contributed by atoms with Crippen LogP contribution in [0.5, 0.6) is 0 Å². The highest BCUT2D eigenvalue weighted by Crippen LogP contribution is 2.23. The van der Waals surface area contributed by atoms with Gasteiger partial charge in [-0.25, -0.2) is 14.6 Å². The molecule has 0 unspecified atom stereocenters. The predicted octanol–water partition coefficient (Wildman–Crippen LogP) is 2.25. The fraction of sp³-hybridized carbons (Fsp3) is 0. The molecule has 106 valence electrons. The summed E-state index contributed by atoms with van der Waals surface area (Å²) in [5.74, 6) is 3.39. The maximum absolute atomic E-state index is 13.2. The van der Waals surface area contributed by atoms with E-state index >= 15 is 0 Å². The van der Waals surface area contributed by atoms with E-state index in [1.807, 2.05) is 6.07 Å². The van der Waals surface area contributed by atoms with Gasteiger partial charge in [0, 0.05) is 5.56 Å². The number of hydrazine groups is 1. The lowest BCUT2D eigenvalue weighted by Gasteiger charge is -2.07. The molecule has 2 aromatic carbocycles. The molecule has 0 saturated carbocycles. The molecule has 4 nitrogen and oxygen atoms in total. The van der Waals surface area contributed by atoms with Gasteiger partial charge >= 0.3 is 0 Å². The molecule has 0 fully saturated rings. The van der Waals surface area contributed by atoms with Crippen molar-refractivity contribution in [2.45, 2.75) is 0 Å². The monoisotopic (exact) mass is 286 g/mol. The molecule has 6 heteroatoms. The fourth-order valence-corrected chi connectivity index (χ4v) is 1.83. The Morgan fingerprint density at radius 3 is 2.14 bits per heavy atom. The summed E-state index contributed by atoms with van der Waals surface area (Å²) < 4.78 is 26.1. The molecule has 0 bridgehead atoms. The highest BCUT2D eigenvalue weighted by Gasteiger charge is 2.07. The van der Waals surface area contributed by atoms with Gasteiger partial charge < -0.3 is 11.2 Å². The van der Waals surface area contributed by atoms with E-state index in [1.54, 1.807) is 24.3 Å². The van der Waals surface area contributed by atoms with Crippen LogP contribution in [-0.4, -0.2) is 0 Å². The Balaban J connectivity index is 2.37. The van der Waals surface area contributed by atoms with Crippen LogP contribution < -0.4 is 17.0 Å². The summed E-state index contributed by atoms with van der Waals surface area (Å²) in [6.45, 7) is 0. The van der Waals surface area contributed by atoms with Crippen LogP contribution in [0.4, 0.5) is 8.78 Å². The lowest BCUT2D eigenvalue weighted by Crippen LogP contribution is -2.23. The van der Waals surface area contributed by atoms with Crippen molar-refractivity contribution in [1.82, 2.24) is 5.43 Å². The van der Waals surface area contributed by atoms with Crippen LogP contribution in [0.15, 0.2) is 48.2 Å². The quantitative estimate of drug-likeness (QED) is 0.459. The molecule has 0 spiro atoms. The van der Waals surface area contributed by atoms with Crippen molar-refractivity contribution in [3.05, 3.63) is 65.4 Å². The molecule has 21 heavy (non-hydrogen) atoms. The standard InChI is InChI=1S/C15H12F2N4/c16-12-6-5-11(7-13(12)17)9-1-3-10(4-2-9)15(19)14(8-18)21-20/h1-7,21H,19-20H2/b15-14-. The summed E-state index contributed by atoms with van der Waals surface area (Å²) in [7, 11) is 0. The lowest BCUT2D eigenvalue weighted by molar-refractivity contribution is 0.509. The van der Waals surface area contributed by atoms with Crippen molar-refractivity contribution in [3.8, 4) is 17.2 Å². The number of nitriles is 1. The zero-order valence-corrected chi connectivity index (χ0v) is 10.9. The molecule has 0 atom stereocenters. The molecule has 0 aliphatic rings. The minimum Gasteiger partial charge on any atom is -0.396 e. The van der Waals surface area contributed by atoms with Crippen LogP contribution >= 0.6 is 0 Å². The van der Waals surface area contributed by atoms with Crippen molar-refractivity contribution in [1.29, 1.82) is 5.26 Å². The van der Waals surface area contributed by atoms with Gasteiger partial charge in [-0.15, -0.1) is 0 Å². The van der Waals surface area contributed by atoms with E-state index < -0.39 is 11.6 Å². The van der Waals surface area contributed by atoms with Crippen LogP contribution in [0.2, 0.25) is 0 Å². The zero-order valence-electron chi connectivity index (χ0n) is 10.9. The average molecular weight is 286 g/mol. The molecular weight excluding hydrogens is 274 g/mol. The van der Waals surface area contributed by atoms with Gasteiger partial charge in [0.15, 0.2) is 17.3 Å². The van der Waals surface area contributed by atoms with Crippen molar-refractivity contribution in [3.63, 3.8) is 0 Å². The Hall–Kier alpha value is -2.91. The van der Waals surface area contributed by atoms with Gasteiger partial charge in [-0.05, 0) is 23.3 Å². The van der Waals surface area contributed by atoms with E-state index in [-0.39, 0.29) is 11.4 Å². The average Bonchev–Trinajstić information content (AvgIpc) is 2.51. The van der Waals surface area contributed by atoms with Gasteiger partial charge in [-0.3, -0.25) is 0 Å². The SMILES string of the molecule is N#C/C(NN)=C(/N)c1ccc(-c2ccc(F)c(F)c2)cc1. The minimum atomic E-state index is -0.907. The van der Waals surface area contributed by atoms with Gasteiger partial charge in [0.1, 0.15) is 6.07 Å². The second-order valence-electron chi connectivity index (χ2n) is 4.25. The molecule has 0 aliphatic heterocycles. The third kappa shape index (κ3) is 2.99. The number of benzene rings is 2. The lowest BCUT2D eigenvalue weighted by atomic mass is 10.0. The second-order valence-corrected chi connectivity index (χ2v) is 4.25. The molecule has 5 N–H and O–H groups in total. The summed E-state index contributed by atoms with van der Waals surface area (Å²) >= 11 is 0. The third-order valence-electron chi connectivity index (χ3n) is 2.97. The number of allylic oxidation sites excluding steroid dienone is 1. The van der Waals surface area contributed by atoms with Crippen LogP contribution in [0.1, 0.15) is 5.56 Å². The maximum atomic E-state index is 13.2. The largest absolute Gasteiger partial charge is 0.396 e. The van der Waals surface area contributed by atoms with Gasteiger partial charge in [-0.2, -0.15) is 5.26 Å². The number of halogens is 2. The summed E-state index contributed by atoms with van der Waals surface area (Å²) in [4.78, 5) is 0. The first-order valence-electron chi connectivity index (χ1n) is 5.99. The molecular formula is C15H12F2N4. The van der Waals surface area contributed by atoms with E-state index in [2.05, 4.69) is 5.43 Å². The first-order valence-corrected chi connectivity index (χ1v) is 5.99. The van der Waals surface area contributed by atoms with Crippen LogP contribution in [0, 0.1) is 23.0 Å². The van der Waals surface area contributed by atoms with Gasteiger partial charge in [0.25, 0.3) is 0 Å². The van der Waals surface area contributed by atoms with E-state index in [4.69, 9.17) is 16.8 Å². The number of hydrogen-bond acceptors (Lipinski definition) is 4. The Kier molecular flexibility index (Phi) is 4.16. The molecule has 0 heterocycles. The van der Waals surface area contributed by atoms with Crippen molar-refractivity contribution >= 4 is 5.70 Å². The first-order chi connectivity index (χ1) is 10.1. The van der Waals surface area contributed by atoms with E-state index in [0.29, 0.717) is 16.7 Å². The van der Waals surface area contributed by atoms with Crippen LogP contribution in [-0.2, 0) is 0 Å². The van der Waals surface area contributed by atoms with Gasteiger partial charge in [-0.1, -0.05) is 30.3 Å². The minimum absolute atomic E-state index is 0.0515. The van der Waals surface area contributed by atoms with E-state index in [0.717, 1.165) is 12.1 Å². The summed E-state index contributed by atoms with van der Waals surface area (Å²) in [6, 6.07) is 12.2.